The molecule has 0 N–H and O–H groups in total. The molecule has 0 bridgehead atoms. The van der Waals surface area contributed by atoms with Crippen molar-refractivity contribution in [2.45, 2.75) is 70.7 Å². The average Bonchev–Trinajstić information content (AvgIpc) is 3.74. The van der Waals surface area contributed by atoms with E-state index in [0.29, 0.717) is 39.3 Å². The molecule has 2 aliphatic rings. The van der Waals surface area contributed by atoms with E-state index in [9.17, 15) is 9.59 Å². The summed E-state index contributed by atoms with van der Waals surface area (Å²) in [6, 6.07) is 16.1. The number of nitrogens with zero attached hydrogens (tertiary/aromatic N) is 2. The number of carbonyl (C=O) groups excluding carboxylic acids is 2. The quantitative estimate of drug-likeness (QED) is 0.247. The Morgan fingerprint density at radius 1 is 1.00 bits per heavy atom. The highest BCUT2D eigenvalue weighted by Gasteiger charge is 2.44. The SMILES string of the molecule is COCCOCc1cc(CN(C(=O)[C@H]2CN(C(=O)OC(C)(C)C)CC[C@@H]2c2cc3ccccc3o2)C2CC2)cc(OC)c1. The summed E-state index contributed by atoms with van der Waals surface area (Å²) in [6.45, 7) is 8.22. The molecule has 2 heterocycles. The van der Waals surface area contributed by atoms with E-state index in [4.69, 9.17) is 23.4 Å². The lowest BCUT2D eigenvalue weighted by Gasteiger charge is -2.39. The summed E-state index contributed by atoms with van der Waals surface area (Å²) in [7, 11) is 3.29. The largest absolute Gasteiger partial charge is 0.497 e. The first kappa shape index (κ1) is 30.9. The number of hydrogen-bond acceptors (Lipinski definition) is 7. The normalized spacial score (nSPS) is 19.0. The summed E-state index contributed by atoms with van der Waals surface area (Å²) in [5, 5.41) is 1.01. The fourth-order valence-electron chi connectivity index (χ4n) is 5.76. The van der Waals surface area contributed by atoms with Crippen LogP contribution in [0.15, 0.2) is 52.9 Å². The molecule has 3 aromatic rings. The number of likely N-dealkylation sites (tertiary alicyclic amines) is 1. The van der Waals surface area contributed by atoms with Crippen LogP contribution in [0.5, 0.6) is 5.75 Å². The van der Waals surface area contributed by atoms with Gasteiger partial charge in [-0.2, -0.15) is 0 Å². The van der Waals surface area contributed by atoms with Crippen LogP contribution in [0.2, 0.25) is 0 Å². The Balaban J connectivity index is 1.41. The molecule has 0 unspecified atom stereocenters. The monoisotopic (exact) mass is 592 g/mol. The second kappa shape index (κ2) is 13.4. The van der Waals surface area contributed by atoms with Crippen LogP contribution in [-0.4, -0.2) is 74.0 Å². The van der Waals surface area contributed by atoms with Gasteiger partial charge < -0.3 is 33.2 Å². The lowest BCUT2D eigenvalue weighted by molar-refractivity contribution is -0.139. The van der Waals surface area contributed by atoms with E-state index in [2.05, 4.69) is 6.07 Å². The van der Waals surface area contributed by atoms with Crippen LogP contribution in [0.1, 0.15) is 62.8 Å². The summed E-state index contributed by atoms with van der Waals surface area (Å²) in [4.78, 5) is 31.4. The van der Waals surface area contributed by atoms with Crippen molar-refractivity contribution in [1.82, 2.24) is 9.80 Å². The third-order valence-electron chi connectivity index (χ3n) is 7.98. The van der Waals surface area contributed by atoms with Crippen LogP contribution >= 0.6 is 0 Å². The van der Waals surface area contributed by atoms with E-state index in [1.165, 1.54) is 0 Å². The lowest BCUT2D eigenvalue weighted by Crippen LogP contribution is -2.51. The summed E-state index contributed by atoms with van der Waals surface area (Å²) in [5.74, 6) is 0.915. The van der Waals surface area contributed by atoms with Crippen LogP contribution in [0.3, 0.4) is 0 Å². The van der Waals surface area contributed by atoms with E-state index < -0.39 is 17.6 Å². The third kappa shape index (κ3) is 7.89. The Morgan fingerprint density at radius 2 is 1.77 bits per heavy atom. The minimum Gasteiger partial charge on any atom is -0.497 e. The number of furan rings is 1. The first-order chi connectivity index (χ1) is 20.6. The van der Waals surface area contributed by atoms with Gasteiger partial charge in [-0.1, -0.05) is 24.3 Å². The fraction of sp³-hybridized carbons (Fsp3) is 0.529. The van der Waals surface area contributed by atoms with Crippen molar-refractivity contribution < 1.29 is 33.0 Å². The van der Waals surface area contributed by atoms with Crippen LogP contribution in [0.25, 0.3) is 11.0 Å². The Bertz CT molecular complexity index is 1370. The number of amides is 2. The molecule has 43 heavy (non-hydrogen) atoms. The number of fused-ring (bicyclic) bond motifs is 1. The molecule has 0 spiro atoms. The smallest absolute Gasteiger partial charge is 0.410 e. The minimum absolute atomic E-state index is 0.0296. The van der Waals surface area contributed by atoms with Crippen molar-refractivity contribution in [1.29, 1.82) is 0 Å². The van der Waals surface area contributed by atoms with Gasteiger partial charge in [-0.3, -0.25) is 4.79 Å². The lowest BCUT2D eigenvalue weighted by atomic mass is 9.82. The van der Waals surface area contributed by atoms with Crippen molar-refractivity contribution in [3.63, 3.8) is 0 Å². The summed E-state index contributed by atoms with van der Waals surface area (Å²) in [5.41, 5.74) is 2.13. The molecule has 1 aliphatic heterocycles. The molecule has 1 aliphatic carbocycles. The summed E-state index contributed by atoms with van der Waals surface area (Å²) >= 11 is 0. The van der Waals surface area contributed by atoms with E-state index in [-0.39, 0.29) is 24.4 Å². The zero-order valence-corrected chi connectivity index (χ0v) is 26.0. The van der Waals surface area contributed by atoms with Gasteiger partial charge in [0.25, 0.3) is 0 Å². The van der Waals surface area contributed by atoms with Crippen LogP contribution < -0.4 is 4.74 Å². The van der Waals surface area contributed by atoms with Gasteiger partial charge in [-0.05, 0) is 75.4 Å². The summed E-state index contributed by atoms with van der Waals surface area (Å²) < 4.78 is 28.4. The number of para-hydroxylation sites is 1. The summed E-state index contributed by atoms with van der Waals surface area (Å²) in [6.07, 6.45) is 2.13. The molecule has 9 heteroatoms. The van der Waals surface area contributed by atoms with Crippen molar-refractivity contribution in [2.24, 2.45) is 5.92 Å². The number of methoxy groups -OCH3 is 2. The molecule has 232 valence electrons. The molecular weight excluding hydrogens is 548 g/mol. The molecule has 5 rings (SSSR count). The number of carbonyl (C=O) groups is 2. The highest BCUT2D eigenvalue weighted by molar-refractivity contribution is 5.83. The highest BCUT2D eigenvalue weighted by atomic mass is 16.6. The van der Waals surface area contributed by atoms with E-state index >= 15 is 0 Å². The molecule has 2 amide bonds. The first-order valence-corrected chi connectivity index (χ1v) is 15.2. The van der Waals surface area contributed by atoms with E-state index in [1.54, 1.807) is 19.1 Å². The van der Waals surface area contributed by atoms with E-state index in [0.717, 1.165) is 46.4 Å². The van der Waals surface area contributed by atoms with Gasteiger partial charge in [0.15, 0.2) is 0 Å². The van der Waals surface area contributed by atoms with Gasteiger partial charge in [-0.15, -0.1) is 0 Å². The number of benzene rings is 2. The van der Waals surface area contributed by atoms with Gasteiger partial charge in [-0.25, -0.2) is 4.79 Å². The Labute approximate surface area is 254 Å². The topological polar surface area (TPSA) is 90.7 Å². The Morgan fingerprint density at radius 3 is 2.47 bits per heavy atom. The van der Waals surface area contributed by atoms with Gasteiger partial charge >= 0.3 is 6.09 Å². The molecule has 2 fully saturated rings. The maximum absolute atomic E-state index is 14.6. The van der Waals surface area contributed by atoms with Crippen LogP contribution in [-0.2, 0) is 32.2 Å². The van der Waals surface area contributed by atoms with Gasteiger partial charge in [0.05, 0.1) is 32.8 Å². The number of piperidine rings is 1. The second-order valence-corrected chi connectivity index (χ2v) is 12.5. The Hall–Kier alpha value is -3.56. The fourth-order valence-corrected chi connectivity index (χ4v) is 5.76. The van der Waals surface area contributed by atoms with Gasteiger partial charge in [0, 0.05) is 44.1 Å². The molecule has 1 saturated heterocycles. The molecule has 2 aromatic carbocycles. The van der Waals surface area contributed by atoms with Gasteiger partial charge in [0.1, 0.15) is 22.7 Å². The zero-order chi connectivity index (χ0) is 30.6. The molecule has 1 aromatic heterocycles. The maximum atomic E-state index is 14.6. The van der Waals surface area contributed by atoms with Crippen molar-refractivity contribution in [3.8, 4) is 5.75 Å². The molecular formula is C34H44N2O7. The predicted molar refractivity (Wildman–Crippen MR) is 163 cm³/mol. The predicted octanol–water partition coefficient (Wildman–Crippen LogP) is 6.14. The standard InChI is InChI=1S/C34H44N2O7/c1-34(2,3)43-33(38)35-13-12-28(31-19-25-8-6-7-9-30(25)42-31)29(21-35)32(37)36(26-10-11-26)20-23-16-24(18-27(17-23)40-5)22-41-15-14-39-4/h6-9,16-19,26,28-29H,10-15,20-22H2,1-5H3/t28-,29-/m0/s1. The van der Waals surface area contributed by atoms with Crippen LogP contribution in [0.4, 0.5) is 4.79 Å². The molecule has 9 nitrogen and oxygen atoms in total. The maximum Gasteiger partial charge on any atom is 0.410 e. The van der Waals surface area contributed by atoms with Gasteiger partial charge in [0.2, 0.25) is 5.91 Å². The molecule has 0 radical (unpaired) electrons. The van der Waals surface area contributed by atoms with Crippen molar-refractivity contribution >= 4 is 23.0 Å². The van der Waals surface area contributed by atoms with Crippen molar-refractivity contribution in [2.75, 3.05) is 40.5 Å². The zero-order valence-electron chi connectivity index (χ0n) is 26.0. The third-order valence-corrected chi connectivity index (χ3v) is 7.98. The molecule has 2 atom stereocenters. The first-order valence-electron chi connectivity index (χ1n) is 15.2. The Kier molecular flexibility index (Phi) is 9.62. The van der Waals surface area contributed by atoms with Crippen LogP contribution in [0, 0.1) is 5.92 Å². The molecule has 1 saturated carbocycles. The van der Waals surface area contributed by atoms with Crippen molar-refractivity contribution in [3.05, 3.63) is 65.4 Å². The number of rotatable bonds is 11. The highest BCUT2D eigenvalue weighted by Crippen LogP contribution is 2.40. The average molecular weight is 593 g/mol. The number of ether oxygens (including phenoxy) is 4. The minimum atomic E-state index is -0.621. The second-order valence-electron chi connectivity index (χ2n) is 12.5. The number of hydrogen-bond donors (Lipinski definition) is 0. The van der Waals surface area contributed by atoms with E-state index in [1.807, 2.05) is 68.1 Å².